The highest BCUT2D eigenvalue weighted by Gasteiger charge is 2.30. The quantitative estimate of drug-likeness (QED) is 0.554. The van der Waals surface area contributed by atoms with Crippen LogP contribution in [0.15, 0.2) is 12.7 Å². The SMILES string of the molecule is C=CCCCCN(C)C(=O)[C@H]1CC[C@H](O)C1. The number of amides is 1. The van der Waals surface area contributed by atoms with Crippen LogP contribution < -0.4 is 0 Å². The fourth-order valence-electron chi connectivity index (χ4n) is 2.24. The van der Waals surface area contributed by atoms with Crippen LogP contribution in [0.1, 0.15) is 38.5 Å². The summed E-state index contributed by atoms with van der Waals surface area (Å²) in [6.45, 7) is 4.49. The summed E-state index contributed by atoms with van der Waals surface area (Å²) in [6.07, 6.45) is 7.06. The van der Waals surface area contributed by atoms with Crippen molar-refractivity contribution in [1.29, 1.82) is 0 Å². The molecule has 1 fully saturated rings. The van der Waals surface area contributed by atoms with E-state index in [-0.39, 0.29) is 17.9 Å². The lowest BCUT2D eigenvalue weighted by Gasteiger charge is -2.20. The van der Waals surface area contributed by atoms with Gasteiger partial charge in [-0.3, -0.25) is 4.79 Å². The van der Waals surface area contributed by atoms with Crippen LogP contribution in [0.2, 0.25) is 0 Å². The van der Waals surface area contributed by atoms with Gasteiger partial charge in [0, 0.05) is 19.5 Å². The predicted molar refractivity (Wildman–Crippen MR) is 65.0 cm³/mol. The zero-order valence-corrected chi connectivity index (χ0v) is 10.2. The molecule has 1 saturated carbocycles. The molecule has 1 rings (SSSR count). The van der Waals surface area contributed by atoms with Gasteiger partial charge >= 0.3 is 0 Å². The summed E-state index contributed by atoms with van der Waals surface area (Å²) >= 11 is 0. The zero-order chi connectivity index (χ0) is 12.0. The first-order valence-electron chi connectivity index (χ1n) is 6.19. The highest BCUT2D eigenvalue weighted by atomic mass is 16.3. The van der Waals surface area contributed by atoms with E-state index in [1.165, 1.54) is 0 Å². The number of hydrogen-bond donors (Lipinski definition) is 1. The fourth-order valence-corrected chi connectivity index (χ4v) is 2.24. The molecule has 0 aromatic heterocycles. The normalized spacial score (nSPS) is 24.4. The Hall–Kier alpha value is -0.830. The Kier molecular flexibility index (Phi) is 5.53. The van der Waals surface area contributed by atoms with Crippen molar-refractivity contribution in [2.75, 3.05) is 13.6 Å². The van der Waals surface area contributed by atoms with E-state index < -0.39 is 0 Å². The summed E-state index contributed by atoms with van der Waals surface area (Å²) in [7, 11) is 1.86. The first-order valence-corrected chi connectivity index (χ1v) is 6.19. The van der Waals surface area contributed by atoms with Crippen molar-refractivity contribution < 1.29 is 9.90 Å². The number of hydrogen-bond acceptors (Lipinski definition) is 2. The second-order valence-corrected chi connectivity index (χ2v) is 4.71. The Morgan fingerprint density at radius 3 is 2.81 bits per heavy atom. The molecule has 1 aliphatic carbocycles. The van der Waals surface area contributed by atoms with Crippen molar-refractivity contribution in [1.82, 2.24) is 4.90 Å². The van der Waals surface area contributed by atoms with Gasteiger partial charge in [0.25, 0.3) is 0 Å². The molecule has 0 unspecified atom stereocenters. The third kappa shape index (κ3) is 3.97. The minimum atomic E-state index is -0.261. The monoisotopic (exact) mass is 225 g/mol. The molecular formula is C13H23NO2. The van der Waals surface area contributed by atoms with E-state index >= 15 is 0 Å². The topological polar surface area (TPSA) is 40.5 Å². The molecule has 1 amide bonds. The first-order chi connectivity index (χ1) is 7.65. The number of carbonyl (C=O) groups excluding carboxylic acids is 1. The van der Waals surface area contributed by atoms with E-state index in [4.69, 9.17) is 0 Å². The van der Waals surface area contributed by atoms with Gasteiger partial charge < -0.3 is 10.0 Å². The van der Waals surface area contributed by atoms with Crippen LogP contribution >= 0.6 is 0 Å². The molecule has 3 nitrogen and oxygen atoms in total. The van der Waals surface area contributed by atoms with E-state index in [2.05, 4.69) is 6.58 Å². The Labute approximate surface area is 98.1 Å². The molecule has 0 spiro atoms. The lowest BCUT2D eigenvalue weighted by atomic mass is 10.1. The smallest absolute Gasteiger partial charge is 0.225 e. The molecule has 0 bridgehead atoms. The number of nitrogens with zero attached hydrogens (tertiary/aromatic N) is 1. The second kappa shape index (κ2) is 6.69. The third-order valence-electron chi connectivity index (χ3n) is 3.28. The van der Waals surface area contributed by atoms with Crippen LogP contribution in [0.3, 0.4) is 0 Å². The van der Waals surface area contributed by atoms with Crippen molar-refractivity contribution in [3.8, 4) is 0 Å². The van der Waals surface area contributed by atoms with E-state index in [0.717, 1.165) is 38.6 Å². The molecule has 0 heterocycles. The summed E-state index contributed by atoms with van der Waals surface area (Å²) < 4.78 is 0. The molecule has 0 radical (unpaired) electrons. The van der Waals surface area contributed by atoms with Crippen LogP contribution in [0, 0.1) is 5.92 Å². The maximum Gasteiger partial charge on any atom is 0.225 e. The summed E-state index contributed by atoms with van der Waals surface area (Å²) in [4.78, 5) is 13.8. The Bertz CT molecular complexity index is 240. The van der Waals surface area contributed by atoms with Crippen molar-refractivity contribution >= 4 is 5.91 Å². The van der Waals surface area contributed by atoms with Crippen molar-refractivity contribution in [2.24, 2.45) is 5.92 Å². The molecule has 1 aliphatic rings. The van der Waals surface area contributed by atoms with E-state index in [0.29, 0.717) is 6.42 Å². The lowest BCUT2D eigenvalue weighted by molar-refractivity contribution is -0.134. The summed E-state index contributed by atoms with van der Waals surface area (Å²) in [5.41, 5.74) is 0. The average molecular weight is 225 g/mol. The van der Waals surface area contributed by atoms with Crippen molar-refractivity contribution in [3.05, 3.63) is 12.7 Å². The van der Waals surface area contributed by atoms with Crippen LogP contribution in [0.5, 0.6) is 0 Å². The van der Waals surface area contributed by atoms with E-state index in [9.17, 15) is 9.90 Å². The molecule has 92 valence electrons. The molecule has 0 aliphatic heterocycles. The Balaban J connectivity index is 2.22. The first kappa shape index (κ1) is 13.2. The van der Waals surface area contributed by atoms with E-state index in [1.54, 1.807) is 0 Å². The van der Waals surface area contributed by atoms with Gasteiger partial charge in [-0.2, -0.15) is 0 Å². The van der Waals surface area contributed by atoms with Crippen molar-refractivity contribution in [2.45, 2.75) is 44.6 Å². The third-order valence-corrected chi connectivity index (χ3v) is 3.28. The van der Waals surface area contributed by atoms with Crippen LogP contribution in [-0.4, -0.2) is 35.6 Å². The number of rotatable bonds is 6. The number of aliphatic hydroxyl groups is 1. The number of carbonyl (C=O) groups is 1. The van der Waals surface area contributed by atoms with Crippen LogP contribution in [0.4, 0.5) is 0 Å². The molecule has 2 atom stereocenters. The van der Waals surface area contributed by atoms with Gasteiger partial charge in [-0.1, -0.05) is 6.08 Å². The zero-order valence-electron chi connectivity index (χ0n) is 10.2. The Morgan fingerprint density at radius 2 is 2.25 bits per heavy atom. The summed E-state index contributed by atoms with van der Waals surface area (Å²) in [5.74, 6) is 0.259. The molecule has 3 heteroatoms. The molecule has 0 saturated heterocycles. The standard InChI is InChI=1S/C13H23NO2/c1-3-4-5-6-9-14(2)13(16)11-7-8-12(15)10-11/h3,11-12,15H,1,4-10H2,2H3/t11-,12-/m0/s1. The fraction of sp³-hybridized carbons (Fsp3) is 0.769. The molecule has 1 N–H and O–H groups in total. The molecule has 16 heavy (non-hydrogen) atoms. The lowest BCUT2D eigenvalue weighted by Crippen LogP contribution is -2.32. The van der Waals surface area contributed by atoms with Crippen LogP contribution in [0.25, 0.3) is 0 Å². The molecule has 0 aromatic rings. The summed E-state index contributed by atoms with van der Waals surface area (Å²) in [5, 5.41) is 9.39. The van der Waals surface area contributed by atoms with Gasteiger partial charge in [-0.15, -0.1) is 6.58 Å². The predicted octanol–water partition coefficient (Wildman–Crippen LogP) is 1.96. The molecule has 0 aromatic carbocycles. The minimum Gasteiger partial charge on any atom is -0.393 e. The minimum absolute atomic E-state index is 0.0550. The second-order valence-electron chi connectivity index (χ2n) is 4.71. The van der Waals surface area contributed by atoms with E-state index in [1.807, 2.05) is 18.0 Å². The highest BCUT2D eigenvalue weighted by molar-refractivity contribution is 5.78. The Morgan fingerprint density at radius 1 is 1.50 bits per heavy atom. The number of allylic oxidation sites excluding steroid dienone is 1. The molecular weight excluding hydrogens is 202 g/mol. The van der Waals surface area contributed by atoms with Crippen molar-refractivity contribution in [3.63, 3.8) is 0 Å². The van der Waals surface area contributed by atoms with Gasteiger partial charge in [0.05, 0.1) is 6.10 Å². The van der Waals surface area contributed by atoms with Crippen LogP contribution in [-0.2, 0) is 4.79 Å². The summed E-state index contributed by atoms with van der Waals surface area (Å²) in [6, 6.07) is 0. The number of aliphatic hydroxyl groups excluding tert-OH is 1. The van der Waals surface area contributed by atoms with Gasteiger partial charge in [0.2, 0.25) is 5.91 Å². The van der Waals surface area contributed by atoms with Gasteiger partial charge in [-0.05, 0) is 38.5 Å². The van der Waals surface area contributed by atoms with Gasteiger partial charge in [0.1, 0.15) is 0 Å². The maximum atomic E-state index is 11.9. The average Bonchev–Trinajstić information content (AvgIpc) is 2.70. The largest absolute Gasteiger partial charge is 0.393 e. The number of unbranched alkanes of at least 4 members (excludes halogenated alkanes) is 2. The van der Waals surface area contributed by atoms with Gasteiger partial charge in [-0.25, -0.2) is 0 Å². The van der Waals surface area contributed by atoms with Gasteiger partial charge in [0.15, 0.2) is 0 Å². The maximum absolute atomic E-state index is 11.9. The highest BCUT2D eigenvalue weighted by Crippen LogP contribution is 2.26.